The van der Waals surface area contributed by atoms with Crippen molar-refractivity contribution < 1.29 is 24.1 Å². The molecular weight excluding hydrogens is 430 g/mol. The number of pyridine rings is 1. The van der Waals surface area contributed by atoms with Crippen molar-refractivity contribution in [3.63, 3.8) is 0 Å². The summed E-state index contributed by atoms with van der Waals surface area (Å²) in [4.78, 5) is 15.5. The Kier molecular flexibility index (Phi) is 7.80. The van der Waals surface area contributed by atoms with Crippen LogP contribution in [0.2, 0.25) is 0 Å². The number of hydrogen-bond acceptors (Lipinski definition) is 5. The van der Waals surface area contributed by atoms with E-state index in [1.54, 1.807) is 6.26 Å². The number of carboxylic acid groups (broad SMARTS) is 1. The molecule has 4 rings (SSSR count). The van der Waals surface area contributed by atoms with E-state index in [1.165, 1.54) is 0 Å². The van der Waals surface area contributed by atoms with Gasteiger partial charge in [-0.25, -0.2) is 4.98 Å². The number of benzene rings is 1. The van der Waals surface area contributed by atoms with Crippen LogP contribution in [0.4, 0.5) is 0 Å². The third-order valence-corrected chi connectivity index (χ3v) is 6.03. The van der Waals surface area contributed by atoms with Crippen LogP contribution < -0.4 is 9.47 Å². The van der Waals surface area contributed by atoms with E-state index in [0.29, 0.717) is 18.7 Å². The lowest BCUT2D eigenvalue weighted by Gasteiger charge is -2.24. The fraction of sp³-hybridized carbons (Fsp3) is 0.357. The summed E-state index contributed by atoms with van der Waals surface area (Å²) in [5.74, 6) is 0.639. The smallest absolute Gasteiger partial charge is 0.303 e. The van der Waals surface area contributed by atoms with Gasteiger partial charge < -0.3 is 19.3 Å². The maximum atomic E-state index is 10.7. The molecule has 1 fully saturated rings. The first-order valence-corrected chi connectivity index (χ1v) is 11.8. The molecule has 6 heteroatoms. The van der Waals surface area contributed by atoms with Crippen LogP contribution in [0.1, 0.15) is 43.2 Å². The molecule has 178 valence electrons. The molecule has 0 amide bonds. The van der Waals surface area contributed by atoms with Gasteiger partial charge in [-0.05, 0) is 61.6 Å². The molecular formula is C28H31NO5. The van der Waals surface area contributed by atoms with Crippen molar-refractivity contribution in [2.45, 2.75) is 52.1 Å². The summed E-state index contributed by atoms with van der Waals surface area (Å²) in [5.41, 5.74) is 6.21. The molecule has 0 radical (unpaired) electrons. The largest absolute Gasteiger partial charge is 0.490 e. The summed E-state index contributed by atoms with van der Waals surface area (Å²) >= 11 is 0. The highest BCUT2D eigenvalue weighted by atomic mass is 16.5. The van der Waals surface area contributed by atoms with Crippen LogP contribution in [-0.4, -0.2) is 35.4 Å². The lowest BCUT2D eigenvalue weighted by Crippen LogP contribution is -2.25. The molecule has 2 heterocycles. The SMILES string of the molecule is Cc1cc(OC2CCOCC2)cc(C)c1-c1cccc(OC=C2C=CC(CCC(=O)O)=CC2)n1. The fourth-order valence-electron chi connectivity index (χ4n) is 4.26. The molecule has 1 aromatic carbocycles. The Balaban J connectivity index is 1.43. The average molecular weight is 462 g/mol. The van der Waals surface area contributed by atoms with Gasteiger partial charge in [0.05, 0.1) is 25.2 Å². The molecule has 0 unspecified atom stereocenters. The third-order valence-electron chi connectivity index (χ3n) is 6.03. The minimum atomic E-state index is -0.781. The van der Waals surface area contributed by atoms with Crippen molar-refractivity contribution in [3.8, 4) is 22.9 Å². The summed E-state index contributed by atoms with van der Waals surface area (Å²) in [5, 5.41) is 8.83. The van der Waals surface area contributed by atoms with E-state index in [2.05, 4.69) is 26.0 Å². The predicted octanol–water partition coefficient (Wildman–Crippen LogP) is 5.94. The van der Waals surface area contributed by atoms with Gasteiger partial charge in [0.15, 0.2) is 0 Å². The number of hydrogen-bond donors (Lipinski definition) is 1. The van der Waals surface area contributed by atoms with Crippen molar-refractivity contribution in [2.75, 3.05) is 13.2 Å². The van der Waals surface area contributed by atoms with Crippen LogP contribution in [0.3, 0.4) is 0 Å². The minimum absolute atomic E-state index is 0.143. The van der Waals surface area contributed by atoms with Crippen molar-refractivity contribution in [3.05, 3.63) is 77.1 Å². The first kappa shape index (κ1) is 23.8. The Morgan fingerprint density at radius 2 is 1.94 bits per heavy atom. The van der Waals surface area contributed by atoms with Gasteiger partial charge in [-0.15, -0.1) is 0 Å². The van der Waals surface area contributed by atoms with Gasteiger partial charge in [0.25, 0.3) is 0 Å². The van der Waals surface area contributed by atoms with E-state index in [0.717, 1.165) is 65.3 Å². The first-order valence-electron chi connectivity index (χ1n) is 11.8. The Morgan fingerprint density at radius 3 is 2.62 bits per heavy atom. The van der Waals surface area contributed by atoms with Crippen LogP contribution in [0.15, 0.2) is 66.0 Å². The second kappa shape index (κ2) is 11.2. The average Bonchev–Trinajstić information content (AvgIpc) is 2.82. The predicted molar refractivity (Wildman–Crippen MR) is 131 cm³/mol. The lowest BCUT2D eigenvalue weighted by molar-refractivity contribution is -0.136. The Labute approximate surface area is 200 Å². The van der Waals surface area contributed by atoms with Crippen molar-refractivity contribution in [1.29, 1.82) is 0 Å². The summed E-state index contributed by atoms with van der Waals surface area (Å²) in [6.07, 6.45) is 11.1. The van der Waals surface area contributed by atoms with Crippen LogP contribution in [0.25, 0.3) is 11.3 Å². The maximum absolute atomic E-state index is 10.7. The molecule has 1 saturated heterocycles. The molecule has 1 aliphatic heterocycles. The highest BCUT2D eigenvalue weighted by Crippen LogP contribution is 2.32. The van der Waals surface area contributed by atoms with E-state index >= 15 is 0 Å². The zero-order valence-electron chi connectivity index (χ0n) is 19.8. The van der Waals surface area contributed by atoms with Gasteiger partial charge in [-0.3, -0.25) is 4.79 Å². The van der Waals surface area contributed by atoms with Gasteiger partial charge >= 0.3 is 5.97 Å². The Morgan fingerprint density at radius 1 is 1.18 bits per heavy atom. The van der Waals surface area contributed by atoms with Gasteiger partial charge in [0.1, 0.15) is 11.9 Å². The fourth-order valence-corrected chi connectivity index (χ4v) is 4.26. The van der Waals surface area contributed by atoms with Crippen LogP contribution in [-0.2, 0) is 9.53 Å². The standard InChI is InChI=1S/C28H31NO5/c1-19-16-24(34-23-12-14-32-15-13-23)17-20(2)28(19)25-4-3-5-26(29-25)33-18-22-8-6-21(7-9-22)10-11-27(30)31/h3-8,16-18,23H,9-15H2,1-2H3,(H,30,31). The third kappa shape index (κ3) is 6.35. The topological polar surface area (TPSA) is 77.9 Å². The number of aryl methyl sites for hydroxylation is 2. The Hall–Kier alpha value is -3.38. The van der Waals surface area contributed by atoms with E-state index < -0.39 is 5.97 Å². The number of aromatic nitrogens is 1. The quantitative estimate of drug-likeness (QED) is 0.491. The normalized spacial score (nSPS) is 17.5. The number of nitrogens with zero attached hydrogens (tertiary/aromatic N) is 1. The molecule has 0 spiro atoms. The summed E-state index contributed by atoms with van der Waals surface area (Å²) in [6, 6.07) is 9.94. The second-order valence-electron chi connectivity index (χ2n) is 8.74. The number of ether oxygens (including phenoxy) is 3. The highest BCUT2D eigenvalue weighted by molar-refractivity contribution is 5.69. The van der Waals surface area contributed by atoms with Crippen LogP contribution in [0, 0.1) is 13.8 Å². The molecule has 1 aromatic heterocycles. The zero-order valence-corrected chi connectivity index (χ0v) is 19.8. The van der Waals surface area contributed by atoms with Crippen LogP contribution >= 0.6 is 0 Å². The van der Waals surface area contributed by atoms with Gasteiger partial charge in [0, 0.05) is 30.9 Å². The first-order chi connectivity index (χ1) is 16.5. The number of carbonyl (C=O) groups is 1. The summed E-state index contributed by atoms with van der Waals surface area (Å²) < 4.78 is 17.5. The molecule has 2 aromatic rings. The van der Waals surface area contributed by atoms with E-state index in [-0.39, 0.29) is 12.5 Å². The van der Waals surface area contributed by atoms with Gasteiger partial charge in [-0.1, -0.05) is 29.9 Å². The number of aliphatic carboxylic acids is 1. The Bertz CT molecular complexity index is 1100. The number of carboxylic acids is 1. The van der Waals surface area contributed by atoms with Gasteiger partial charge in [-0.2, -0.15) is 0 Å². The van der Waals surface area contributed by atoms with E-state index in [1.807, 2.05) is 36.4 Å². The molecule has 0 saturated carbocycles. The molecule has 0 atom stereocenters. The van der Waals surface area contributed by atoms with Crippen molar-refractivity contribution in [2.24, 2.45) is 0 Å². The highest BCUT2D eigenvalue weighted by Gasteiger charge is 2.17. The van der Waals surface area contributed by atoms with Crippen molar-refractivity contribution >= 4 is 5.97 Å². The number of rotatable bonds is 8. The molecule has 1 N–H and O–H groups in total. The molecule has 6 nitrogen and oxygen atoms in total. The second-order valence-corrected chi connectivity index (χ2v) is 8.74. The van der Waals surface area contributed by atoms with Crippen LogP contribution in [0.5, 0.6) is 11.6 Å². The maximum Gasteiger partial charge on any atom is 0.303 e. The molecule has 34 heavy (non-hydrogen) atoms. The summed E-state index contributed by atoms with van der Waals surface area (Å²) in [6.45, 7) is 5.67. The summed E-state index contributed by atoms with van der Waals surface area (Å²) in [7, 11) is 0. The zero-order chi connectivity index (χ0) is 23.9. The van der Waals surface area contributed by atoms with Crippen molar-refractivity contribution in [1.82, 2.24) is 4.98 Å². The van der Waals surface area contributed by atoms with Gasteiger partial charge in [0.2, 0.25) is 5.88 Å². The molecule has 2 aliphatic rings. The number of allylic oxidation sites excluding steroid dienone is 5. The monoisotopic (exact) mass is 461 g/mol. The minimum Gasteiger partial charge on any atom is -0.490 e. The molecule has 0 bridgehead atoms. The lowest BCUT2D eigenvalue weighted by atomic mass is 9.99. The van der Waals surface area contributed by atoms with E-state index in [9.17, 15) is 4.79 Å². The molecule has 1 aliphatic carbocycles. The van der Waals surface area contributed by atoms with E-state index in [4.69, 9.17) is 24.3 Å².